The fourth-order valence-electron chi connectivity index (χ4n) is 12.3. The van der Waals surface area contributed by atoms with Crippen LogP contribution in [0.25, 0.3) is 32.0 Å². The minimum Gasteiger partial charge on any atom is -0.456 e. The Morgan fingerprint density at radius 2 is 1.14 bits per heavy atom. The first-order chi connectivity index (χ1) is 30.2. The number of nitrogens with zero attached hydrogens (tertiary/aromatic N) is 2. The van der Waals surface area contributed by atoms with Gasteiger partial charge < -0.3 is 14.2 Å². The average molecular weight is 857 g/mol. The highest BCUT2D eigenvalue weighted by Crippen LogP contribution is 2.55. The minimum atomic E-state index is 0.0545. The summed E-state index contributed by atoms with van der Waals surface area (Å²) < 4.78 is 9.49. The maximum absolute atomic E-state index is 6.67. The first-order valence-corrected chi connectivity index (χ1v) is 24.6. The molecule has 5 heteroatoms. The molecule has 64 heavy (non-hydrogen) atoms. The summed E-state index contributed by atoms with van der Waals surface area (Å²) in [6, 6.07) is 40.3. The molecule has 4 heterocycles. The first kappa shape index (κ1) is 40.3. The molecule has 0 saturated carbocycles. The Hall–Kier alpha value is -5.26. The van der Waals surface area contributed by atoms with Crippen molar-refractivity contribution in [2.24, 2.45) is 0 Å². The van der Waals surface area contributed by atoms with Gasteiger partial charge in [0.05, 0.1) is 16.8 Å². The number of furan rings is 1. The van der Waals surface area contributed by atoms with Crippen molar-refractivity contribution in [3.8, 4) is 0 Å². The van der Waals surface area contributed by atoms with Crippen LogP contribution in [0.5, 0.6) is 0 Å². The van der Waals surface area contributed by atoms with E-state index < -0.39 is 0 Å². The van der Waals surface area contributed by atoms with Gasteiger partial charge in [-0.3, -0.25) is 0 Å². The molecule has 0 bridgehead atoms. The van der Waals surface area contributed by atoms with Crippen molar-refractivity contribution in [1.29, 1.82) is 0 Å². The van der Waals surface area contributed by atoms with Crippen molar-refractivity contribution in [2.45, 2.75) is 136 Å². The monoisotopic (exact) mass is 856 g/mol. The zero-order valence-electron chi connectivity index (χ0n) is 39.9. The van der Waals surface area contributed by atoms with Crippen LogP contribution in [0.1, 0.15) is 135 Å². The zero-order valence-corrected chi connectivity index (χ0v) is 40.7. The quantitative estimate of drug-likeness (QED) is 0.162. The summed E-state index contributed by atoms with van der Waals surface area (Å²) in [5, 5.41) is 3.69. The molecule has 3 nitrogen and oxygen atoms in total. The molecule has 0 radical (unpaired) electrons. The highest BCUT2D eigenvalue weighted by Gasteiger charge is 2.49. The van der Waals surface area contributed by atoms with Crippen LogP contribution in [0.3, 0.4) is 0 Å². The third kappa shape index (κ3) is 5.58. The van der Waals surface area contributed by atoms with E-state index in [1.54, 1.807) is 0 Å². The summed E-state index contributed by atoms with van der Waals surface area (Å²) in [6.45, 7) is 29.1. The van der Waals surface area contributed by atoms with Gasteiger partial charge in [0.15, 0.2) is 0 Å². The lowest BCUT2D eigenvalue weighted by molar-refractivity contribution is 0.332. The topological polar surface area (TPSA) is 19.6 Å². The first-order valence-electron chi connectivity index (χ1n) is 23.8. The van der Waals surface area contributed by atoms with E-state index in [0.29, 0.717) is 0 Å². The SMILES string of the molecule is Cc1cc2c3c(c1)N(c1cccc4oc5ccccc5c14)c1c(sc4cc5c(cc14)C(C)(C)CCC5(C)C)B3c1cc3c(cc1N2c1ccc(C(C)(C)C)cc1)C(C)(C)CCC3(C)C. The number of para-hydroxylation sites is 1. The number of aryl methyl sites for hydroxylation is 1. The second-order valence-corrected chi connectivity index (χ2v) is 24.7. The molecule has 0 saturated heterocycles. The molecule has 8 aromatic rings. The summed E-state index contributed by atoms with van der Waals surface area (Å²) in [6.07, 6.45) is 4.73. The number of hydrogen-bond donors (Lipinski definition) is 0. The Morgan fingerprint density at radius 3 is 1.80 bits per heavy atom. The second kappa shape index (κ2) is 13.0. The smallest absolute Gasteiger partial charge is 0.264 e. The third-order valence-corrected chi connectivity index (χ3v) is 17.6. The number of fused-ring (bicyclic) bond motifs is 11. The standard InChI is InChI=1S/C59H61BN2OS/c1-34-28-46-52-47(29-34)62(44-17-15-19-49-51(44)37-16-13-14-18-48(37)63-49)53-38-30-39-42(59(11,12)27-24-56(39,5)6)33-50(38)64-54(53)60(52)43-31-40-41(58(9,10)26-25-57(40,7)8)32-45(43)61(46)36-22-20-35(21-23-36)55(2,3)4/h13-23,28-33H,24-27H2,1-12H3. The number of rotatable bonds is 2. The summed E-state index contributed by atoms with van der Waals surface area (Å²) in [7, 11) is 0. The van der Waals surface area contributed by atoms with Crippen molar-refractivity contribution < 1.29 is 4.42 Å². The molecule has 0 fully saturated rings. The van der Waals surface area contributed by atoms with E-state index in [0.717, 1.165) is 16.6 Å². The average Bonchev–Trinajstić information content (AvgIpc) is 3.82. The van der Waals surface area contributed by atoms with E-state index in [4.69, 9.17) is 4.42 Å². The Labute approximate surface area is 384 Å². The maximum atomic E-state index is 6.67. The zero-order chi connectivity index (χ0) is 44.6. The van der Waals surface area contributed by atoms with Gasteiger partial charge in [0.1, 0.15) is 11.2 Å². The van der Waals surface area contributed by atoms with Crippen molar-refractivity contribution in [3.05, 3.63) is 137 Å². The largest absolute Gasteiger partial charge is 0.456 e. The molecule has 12 rings (SSSR count). The molecule has 6 aromatic carbocycles. The molecule has 4 aliphatic rings. The Morgan fingerprint density at radius 1 is 0.562 bits per heavy atom. The third-order valence-electron chi connectivity index (χ3n) is 16.4. The van der Waals surface area contributed by atoms with E-state index in [2.05, 4.69) is 196 Å². The molecule has 2 aliphatic carbocycles. The van der Waals surface area contributed by atoms with Crippen LogP contribution in [0, 0.1) is 6.92 Å². The van der Waals surface area contributed by atoms with Crippen molar-refractivity contribution in [1.82, 2.24) is 0 Å². The molecule has 0 unspecified atom stereocenters. The maximum Gasteiger partial charge on any atom is 0.264 e. The van der Waals surface area contributed by atoms with Crippen molar-refractivity contribution >= 4 is 99.9 Å². The van der Waals surface area contributed by atoms with E-state index in [-0.39, 0.29) is 33.8 Å². The van der Waals surface area contributed by atoms with Gasteiger partial charge in [-0.15, -0.1) is 11.3 Å². The Bertz CT molecular complexity index is 3300. The summed E-state index contributed by atoms with van der Waals surface area (Å²) in [5.41, 5.74) is 21.3. The Kier molecular flexibility index (Phi) is 8.16. The van der Waals surface area contributed by atoms with Crippen LogP contribution in [0.4, 0.5) is 34.1 Å². The number of hydrogen-bond acceptors (Lipinski definition) is 4. The van der Waals surface area contributed by atoms with E-state index in [1.165, 1.54) is 124 Å². The molecule has 0 N–H and O–H groups in total. The lowest BCUT2D eigenvalue weighted by atomic mass is 9.35. The van der Waals surface area contributed by atoms with E-state index >= 15 is 0 Å². The van der Waals surface area contributed by atoms with Gasteiger partial charge >= 0.3 is 0 Å². The van der Waals surface area contributed by atoms with Crippen molar-refractivity contribution in [2.75, 3.05) is 9.80 Å². The highest BCUT2D eigenvalue weighted by molar-refractivity contribution is 7.33. The summed E-state index contributed by atoms with van der Waals surface area (Å²) >= 11 is 2.04. The predicted octanol–water partition coefficient (Wildman–Crippen LogP) is 15.2. The lowest BCUT2D eigenvalue weighted by Crippen LogP contribution is -2.61. The molecular weight excluding hydrogens is 796 g/mol. The van der Waals surface area contributed by atoms with Gasteiger partial charge in [-0.05, 0) is 165 Å². The van der Waals surface area contributed by atoms with Gasteiger partial charge in [-0.2, -0.15) is 0 Å². The van der Waals surface area contributed by atoms with Gasteiger partial charge in [0, 0.05) is 43.0 Å². The predicted molar refractivity (Wildman–Crippen MR) is 277 cm³/mol. The minimum absolute atomic E-state index is 0.0545. The second-order valence-electron chi connectivity index (χ2n) is 23.6. The van der Waals surface area contributed by atoms with Crippen LogP contribution >= 0.6 is 11.3 Å². The van der Waals surface area contributed by atoms with Crippen molar-refractivity contribution in [3.63, 3.8) is 0 Å². The molecule has 0 spiro atoms. The Balaban J connectivity index is 1.24. The van der Waals surface area contributed by atoms with E-state index in [9.17, 15) is 0 Å². The highest BCUT2D eigenvalue weighted by atomic mass is 32.1. The van der Waals surface area contributed by atoms with Crippen LogP contribution in [-0.2, 0) is 27.1 Å². The van der Waals surface area contributed by atoms with Gasteiger partial charge in [-0.25, -0.2) is 0 Å². The van der Waals surface area contributed by atoms with E-state index in [1.807, 2.05) is 11.3 Å². The number of thiophene rings is 1. The number of benzene rings is 6. The molecule has 0 amide bonds. The van der Waals surface area contributed by atoms with Crippen LogP contribution < -0.4 is 25.5 Å². The summed E-state index contributed by atoms with van der Waals surface area (Å²) in [4.78, 5) is 5.31. The molecule has 2 aromatic heterocycles. The fourth-order valence-corrected chi connectivity index (χ4v) is 13.7. The molecule has 2 aliphatic heterocycles. The van der Waals surface area contributed by atoms with Gasteiger partial charge in [-0.1, -0.05) is 119 Å². The van der Waals surface area contributed by atoms with Crippen LogP contribution in [-0.4, -0.2) is 6.71 Å². The van der Waals surface area contributed by atoms with Gasteiger partial charge in [0.25, 0.3) is 6.71 Å². The lowest BCUT2D eigenvalue weighted by Gasteiger charge is -2.47. The van der Waals surface area contributed by atoms with Crippen LogP contribution in [0.2, 0.25) is 0 Å². The van der Waals surface area contributed by atoms with Crippen LogP contribution in [0.15, 0.2) is 108 Å². The molecule has 322 valence electrons. The normalized spacial score (nSPS) is 18.8. The number of anilines is 6. The summed E-state index contributed by atoms with van der Waals surface area (Å²) in [5.74, 6) is 0. The molecular formula is C59H61BN2OS. The van der Waals surface area contributed by atoms with Gasteiger partial charge in [0.2, 0.25) is 0 Å². The molecule has 0 atom stereocenters. The fraction of sp³-hybridized carbons (Fsp3) is 0.356.